The van der Waals surface area contributed by atoms with Crippen molar-refractivity contribution >= 4 is 29.7 Å². The number of nitrogens with zero attached hydrogens (tertiary/aromatic N) is 1. The number of carbonyl (C=O) groups is 5. The standard InChI is InChI=1S/C60H101F5N2O20/c1-2-3-4-5-6-7-11-14-17-24-67(51(69)18-15-12-9-8-10-13-16-19-52(70)71)49(60(73)74)20-21-50(68)66-23-26-76-28-30-78-32-34-80-36-38-82-40-42-84-44-46-86-48-47-85-45-43-83-41-39-81-37-35-79-33-31-77-29-27-75-25-22-53(72)87-59-57(64)55(62)54(61)56(63)58(59)65/h49H,2-48H2,1H3,(H,66,68)(H,70,71)(H,73,74)/t49-/m0/s1. The quantitative estimate of drug-likeness (QED) is 0.0139. The van der Waals surface area contributed by atoms with Crippen molar-refractivity contribution < 1.29 is 118 Å². The second-order valence-electron chi connectivity index (χ2n) is 20.0. The van der Waals surface area contributed by atoms with E-state index < -0.39 is 65.2 Å². The highest BCUT2D eigenvalue weighted by atomic mass is 19.2. The molecule has 0 saturated carbocycles. The van der Waals surface area contributed by atoms with Crippen molar-refractivity contribution in [3.8, 4) is 5.75 Å². The molecule has 506 valence electrons. The number of benzene rings is 1. The van der Waals surface area contributed by atoms with E-state index in [0.717, 1.165) is 51.4 Å². The predicted octanol–water partition coefficient (Wildman–Crippen LogP) is 8.18. The number of carboxylic acids is 2. The van der Waals surface area contributed by atoms with E-state index in [9.17, 15) is 51.0 Å². The maximum absolute atomic E-state index is 13.6. The molecule has 0 heterocycles. The van der Waals surface area contributed by atoms with E-state index in [-0.39, 0.29) is 83.7 Å². The van der Waals surface area contributed by atoms with Gasteiger partial charge in [0.25, 0.3) is 0 Å². The van der Waals surface area contributed by atoms with Crippen molar-refractivity contribution in [2.75, 3.05) is 172 Å². The first-order valence-electron chi connectivity index (χ1n) is 31.0. The van der Waals surface area contributed by atoms with Crippen molar-refractivity contribution in [1.82, 2.24) is 10.2 Å². The van der Waals surface area contributed by atoms with Crippen LogP contribution in [0.4, 0.5) is 22.0 Å². The van der Waals surface area contributed by atoms with Gasteiger partial charge < -0.3 is 82.0 Å². The number of carbonyl (C=O) groups excluding carboxylic acids is 3. The Labute approximate surface area is 510 Å². The summed E-state index contributed by atoms with van der Waals surface area (Å²) in [7, 11) is 0. The van der Waals surface area contributed by atoms with Crippen LogP contribution >= 0.6 is 0 Å². The Morgan fingerprint density at radius 3 is 1.08 bits per heavy atom. The van der Waals surface area contributed by atoms with Crippen LogP contribution in [0.2, 0.25) is 0 Å². The fraction of sp³-hybridized carbons (Fsp3) is 0.817. The summed E-state index contributed by atoms with van der Waals surface area (Å²) in [6, 6.07) is -1.09. The van der Waals surface area contributed by atoms with Crippen LogP contribution < -0.4 is 10.1 Å². The Morgan fingerprint density at radius 1 is 0.391 bits per heavy atom. The third-order valence-electron chi connectivity index (χ3n) is 12.9. The molecule has 3 N–H and O–H groups in total. The number of rotatable bonds is 65. The second-order valence-corrected chi connectivity index (χ2v) is 20.0. The minimum absolute atomic E-state index is 0.0185. The van der Waals surface area contributed by atoms with Crippen LogP contribution in [-0.2, 0) is 80.8 Å². The van der Waals surface area contributed by atoms with E-state index in [2.05, 4.69) is 17.0 Å². The average Bonchev–Trinajstić information content (AvgIpc) is 3.07. The third-order valence-corrected chi connectivity index (χ3v) is 12.9. The van der Waals surface area contributed by atoms with Crippen LogP contribution in [-0.4, -0.2) is 223 Å². The van der Waals surface area contributed by atoms with Gasteiger partial charge in [-0.1, -0.05) is 90.4 Å². The van der Waals surface area contributed by atoms with Crippen LogP contribution in [0.5, 0.6) is 5.75 Å². The second kappa shape index (κ2) is 58.1. The molecule has 1 aromatic carbocycles. The summed E-state index contributed by atoms with van der Waals surface area (Å²) in [5, 5.41) is 21.8. The largest absolute Gasteiger partial charge is 0.481 e. The highest BCUT2D eigenvalue weighted by molar-refractivity contribution is 5.84. The SMILES string of the molecule is CCCCCCCCCCCN(C(=O)CCCCCCCCCC(=O)O)[C@@H](CCC(=O)NCCOCCOCCOCCOCCOCCOCCOCCOCCOCCOCCOCCOCCC(=O)Oc1c(F)c(F)c(F)c(F)c1F)C(=O)O. The molecule has 87 heavy (non-hydrogen) atoms. The molecule has 1 atom stereocenters. The van der Waals surface area contributed by atoms with E-state index in [1.54, 1.807) is 0 Å². The molecule has 2 amide bonds. The van der Waals surface area contributed by atoms with Crippen LogP contribution in [0.1, 0.15) is 142 Å². The monoisotopic (exact) mass is 1260 g/mol. The van der Waals surface area contributed by atoms with E-state index >= 15 is 0 Å². The topological polar surface area (TPSA) is 261 Å². The minimum Gasteiger partial charge on any atom is -0.481 e. The number of hydrogen-bond acceptors (Lipinski definition) is 18. The van der Waals surface area contributed by atoms with Gasteiger partial charge in [-0.3, -0.25) is 19.2 Å². The van der Waals surface area contributed by atoms with E-state index in [1.165, 1.54) is 37.0 Å². The summed E-state index contributed by atoms with van der Waals surface area (Å²) in [6.07, 6.45) is 15.7. The number of unbranched alkanes of at least 4 members (excludes halogenated alkanes) is 14. The molecule has 0 aliphatic carbocycles. The van der Waals surface area contributed by atoms with Crippen LogP contribution in [0, 0.1) is 29.1 Å². The number of halogens is 5. The van der Waals surface area contributed by atoms with Crippen molar-refractivity contribution in [3.05, 3.63) is 29.1 Å². The maximum Gasteiger partial charge on any atom is 0.326 e. The molecule has 0 spiro atoms. The lowest BCUT2D eigenvalue weighted by Crippen LogP contribution is -2.46. The molecule has 22 nitrogen and oxygen atoms in total. The summed E-state index contributed by atoms with van der Waals surface area (Å²) in [4.78, 5) is 62.5. The van der Waals surface area contributed by atoms with Gasteiger partial charge in [0.15, 0.2) is 0 Å². The maximum atomic E-state index is 13.6. The normalized spacial score (nSPS) is 11.8. The highest BCUT2D eigenvalue weighted by Crippen LogP contribution is 2.29. The molecule has 1 rings (SSSR count). The molecule has 0 radical (unpaired) electrons. The van der Waals surface area contributed by atoms with Crippen LogP contribution in [0.25, 0.3) is 0 Å². The molecule has 0 bridgehead atoms. The number of hydrogen-bond donors (Lipinski definition) is 3. The zero-order chi connectivity index (χ0) is 63.6. The van der Waals surface area contributed by atoms with Crippen molar-refractivity contribution in [3.63, 3.8) is 0 Å². The molecule has 0 aromatic heterocycles. The number of nitrogens with one attached hydrogen (secondary N) is 1. The first kappa shape index (κ1) is 80.8. The number of carboxylic acid groups (broad SMARTS) is 2. The van der Waals surface area contributed by atoms with E-state index in [4.69, 9.17) is 61.9 Å². The number of aliphatic carboxylic acids is 2. The molecular weight excluding hydrogens is 1160 g/mol. The molecule has 0 aliphatic heterocycles. The predicted molar refractivity (Wildman–Crippen MR) is 308 cm³/mol. The van der Waals surface area contributed by atoms with Crippen LogP contribution in [0.3, 0.4) is 0 Å². The molecule has 0 unspecified atom stereocenters. The lowest BCUT2D eigenvalue weighted by Gasteiger charge is -2.29. The third kappa shape index (κ3) is 46.5. The van der Waals surface area contributed by atoms with Crippen molar-refractivity contribution in [1.29, 1.82) is 0 Å². The minimum atomic E-state index is -2.36. The molecule has 0 fully saturated rings. The van der Waals surface area contributed by atoms with Gasteiger partial charge >= 0.3 is 17.9 Å². The van der Waals surface area contributed by atoms with Gasteiger partial charge in [-0.25, -0.2) is 18.0 Å². The van der Waals surface area contributed by atoms with Gasteiger partial charge in [-0.05, 0) is 25.7 Å². The highest BCUT2D eigenvalue weighted by Gasteiger charge is 2.30. The Balaban J connectivity index is 1.92. The molecular formula is C60H101F5N2O20. The Kier molecular flexibility index (Phi) is 54.0. The Hall–Kier alpha value is -4.26. The van der Waals surface area contributed by atoms with Gasteiger partial charge in [-0.15, -0.1) is 0 Å². The van der Waals surface area contributed by atoms with E-state index in [1.807, 2.05) is 0 Å². The zero-order valence-electron chi connectivity index (χ0n) is 51.4. The molecule has 0 aliphatic rings. The first-order valence-corrected chi connectivity index (χ1v) is 31.0. The van der Waals surface area contributed by atoms with Crippen LogP contribution in [0.15, 0.2) is 0 Å². The number of esters is 1. The fourth-order valence-electron chi connectivity index (χ4n) is 8.17. The summed E-state index contributed by atoms with van der Waals surface area (Å²) in [5.74, 6) is -16.6. The van der Waals surface area contributed by atoms with Gasteiger partial charge in [0.2, 0.25) is 46.6 Å². The van der Waals surface area contributed by atoms with E-state index in [0.29, 0.717) is 145 Å². The van der Waals surface area contributed by atoms with Gasteiger partial charge in [0.1, 0.15) is 6.04 Å². The molecule has 0 saturated heterocycles. The lowest BCUT2D eigenvalue weighted by molar-refractivity contribution is -0.151. The van der Waals surface area contributed by atoms with Crippen molar-refractivity contribution in [2.45, 2.75) is 148 Å². The average molecular weight is 1270 g/mol. The molecule has 27 heteroatoms. The van der Waals surface area contributed by atoms with Gasteiger partial charge in [-0.2, -0.15) is 8.78 Å². The summed E-state index contributed by atoms with van der Waals surface area (Å²) < 4.78 is 136. The van der Waals surface area contributed by atoms with Crippen molar-refractivity contribution in [2.24, 2.45) is 0 Å². The van der Waals surface area contributed by atoms with Gasteiger partial charge in [0.05, 0.1) is 165 Å². The number of amides is 2. The summed E-state index contributed by atoms with van der Waals surface area (Å²) >= 11 is 0. The Morgan fingerprint density at radius 2 is 0.713 bits per heavy atom. The lowest BCUT2D eigenvalue weighted by atomic mass is 10.0. The zero-order valence-corrected chi connectivity index (χ0v) is 51.4. The fourth-order valence-corrected chi connectivity index (χ4v) is 8.17. The summed E-state index contributed by atoms with van der Waals surface area (Å²) in [6.45, 7) is 10.5. The summed E-state index contributed by atoms with van der Waals surface area (Å²) in [5.41, 5.74) is 0. The number of ether oxygens (including phenoxy) is 13. The smallest absolute Gasteiger partial charge is 0.326 e. The molecule has 1 aromatic rings. The first-order chi connectivity index (χ1) is 42.3. The Bertz CT molecular complexity index is 1870. The van der Waals surface area contributed by atoms with Gasteiger partial charge in [0, 0.05) is 32.4 Å².